The Bertz CT molecular complexity index is 615. The number of rotatable bonds is 2. The fourth-order valence-electron chi connectivity index (χ4n) is 2.14. The van der Waals surface area contributed by atoms with Crippen molar-refractivity contribution in [2.75, 3.05) is 0 Å². The van der Waals surface area contributed by atoms with Crippen LogP contribution in [0.2, 0.25) is 0 Å². The van der Waals surface area contributed by atoms with Gasteiger partial charge in [-0.15, -0.1) is 0 Å². The molecule has 0 aliphatic heterocycles. The maximum atomic E-state index is 11.0. The van der Waals surface area contributed by atoms with E-state index < -0.39 is 0 Å². The number of furan rings is 1. The molecule has 2 heteroatoms. The highest BCUT2D eigenvalue weighted by Gasteiger charge is 2.12. The first-order chi connectivity index (χ1) is 8.02. The summed E-state index contributed by atoms with van der Waals surface area (Å²) in [6.07, 6.45) is 5.22. The molecule has 0 amide bonds. The van der Waals surface area contributed by atoms with Gasteiger partial charge in [-0.1, -0.05) is 6.08 Å². The summed E-state index contributed by atoms with van der Waals surface area (Å²) in [5.41, 5.74) is 5.53. The van der Waals surface area contributed by atoms with Crippen molar-refractivity contribution in [3.05, 3.63) is 40.7 Å². The van der Waals surface area contributed by atoms with Gasteiger partial charge < -0.3 is 4.42 Å². The average molecular weight is 228 g/mol. The van der Waals surface area contributed by atoms with Gasteiger partial charge in [0.2, 0.25) is 0 Å². The average Bonchev–Trinajstić information content (AvgIpc) is 2.75. The molecule has 2 rings (SSSR count). The van der Waals surface area contributed by atoms with Gasteiger partial charge in [-0.3, -0.25) is 4.79 Å². The van der Waals surface area contributed by atoms with Crippen LogP contribution in [-0.2, 0) is 4.79 Å². The third-order valence-corrected chi connectivity index (χ3v) is 3.27. The lowest BCUT2D eigenvalue weighted by atomic mass is 9.94. The normalized spacial score (nSPS) is 11.5. The maximum absolute atomic E-state index is 11.0. The molecule has 88 valence electrons. The molecule has 0 bridgehead atoms. The standard InChI is InChI=1S/C15H16O2/c1-9(16)5-6-13-10(2)11(3)15-14(12(13)4)7-8-17-15/h5-8H,1-4H3. The Hall–Kier alpha value is -1.83. The van der Waals surface area contributed by atoms with E-state index in [0.717, 1.165) is 27.7 Å². The molecule has 0 aliphatic rings. The summed E-state index contributed by atoms with van der Waals surface area (Å²) in [6, 6.07) is 1.97. The second kappa shape index (κ2) is 4.21. The third kappa shape index (κ3) is 1.91. The minimum atomic E-state index is 0.0637. The van der Waals surface area contributed by atoms with Gasteiger partial charge in [0, 0.05) is 5.39 Å². The van der Waals surface area contributed by atoms with Crippen molar-refractivity contribution < 1.29 is 9.21 Å². The first kappa shape index (κ1) is 11.6. The van der Waals surface area contributed by atoms with Gasteiger partial charge in [0.05, 0.1) is 6.26 Å². The third-order valence-electron chi connectivity index (χ3n) is 3.27. The van der Waals surface area contributed by atoms with Crippen LogP contribution < -0.4 is 0 Å². The topological polar surface area (TPSA) is 30.2 Å². The molecule has 0 unspecified atom stereocenters. The molecule has 0 spiro atoms. The van der Waals surface area contributed by atoms with Gasteiger partial charge in [-0.2, -0.15) is 0 Å². The smallest absolute Gasteiger partial charge is 0.152 e. The SMILES string of the molecule is CC(=O)C=Cc1c(C)c(C)c2occc2c1C. The number of hydrogen-bond acceptors (Lipinski definition) is 2. The van der Waals surface area contributed by atoms with Crippen molar-refractivity contribution in [1.29, 1.82) is 0 Å². The van der Waals surface area contributed by atoms with Crippen molar-refractivity contribution in [3.8, 4) is 0 Å². The summed E-state index contributed by atoms with van der Waals surface area (Å²) in [6.45, 7) is 7.73. The van der Waals surface area contributed by atoms with E-state index in [1.807, 2.05) is 19.1 Å². The maximum Gasteiger partial charge on any atom is 0.152 e. The number of carbonyl (C=O) groups excluding carboxylic acids is 1. The number of aryl methyl sites for hydroxylation is 2. The molecule has 1 aromatic carbocycles. The summed E-state index contributed by atoms with van der Waals surface area (Å²) < 4.78 is 5.50. The Morgan fingerprint density at radius 3 is 2.53 bits per heavy atom. The zero-order valence-electron chi connectivity index (χ0n) is 10.6. The molecule has 0 saturated heterocycles. The molecule has 0 N–H and O–H groups in total. The molecule has 2 nitrogen and oxygen atoms in total. The molecule has 0 aliphatic carbocycles. The van der Waals surface area contributed by atoms with Crippen LogP contribution in [0.5, 0.6) is 0 Å². The Balaban J connectivity index is 2.74. The highest BCUT2D eigenvalue weighted by molar-refractivity contribution is 5.94. The van der Waals surface area contributed by atoms with E-state index in [1.165, 1.54) is 5.56 Å². The van der Waals surface area contributed by atoms with Gasteiger partial charge in [-0.05, 0) is 62.1 Å². The lowest BCUT2D eigenvalue weighted by Crippen LogP contribution is -1.93. The fraction of sp³-hybridized carbons (Fsp3) is 0.267. The lowest BCUT2D eigenvalue weighted by Gasteiger charge is -2.10. The first-order valence-corrected chi connectivity index (χ1v) is 5.68. The van der Waals surface area contributed by atoms with Crippen LogP contribution >= 0.6 is 0 Å². The van der Waals surface area contributed by atoms with Crippen LogP contribution in [0, 0.1) is 20.8 Å². The van der Waals surface area contributed by atoms with E-state index in [9.17, 15) is 4.79 Å². The number of hydrogen-bond donors (Lipinski definition) is 0. The number of carbonyl (C=O) groups is 1. The Morgan fingerprint density at radius 1 is 1.18 bits per heavy atom. The van der Waals surface area contributed by atoms with Crippen LogP contribution in [-0.4, -0.2) is 5.78 Å². The molecular weight excluding hydrogens is 212 g/mol. The van der Waals surface area contributed by atoms with Crippen molar-refractivity contribution in [3.63, 3.8) is 0 Å². The van der Waals surface area contributed by atoms with E-state index in [4.69, 9.17) is 4.42 Å². The largest absolute Gasteiger partial charge is 0.464 e. The molecule has 1 aromatic heterocycles. The van der Waals surface area contributed by atoms with E-state index in [1.54, 1.807) is 19.3 Å². The van der Waals surface area contributed by atoms with Crippen molar-refractivity contribution in [2.24, 2.45) is 0 Å². The van der Waals surface area contributed by atoms with Crippen LogP contribution in [0.3, 0.4) is 0 Å². The zero-order chi connectivity index (χ0) is 12.6. The van der Waals surface area contributed by atoms with Crippen LogP contribution in [0.25, 0.3) is 17.0 Å². The summed E-state index contributed by atoms with van der Waals surface area (Å²) in [5, 5.41) is 1.12. The zero-order valence-corrected chi connectivity index (χ0v) is 10.6. The van der Waals surface area contributed by atoms with Crippen LogP contribution in [0.4, 0.5) is 0 Å². The van der Waals surface area contributed by atoms with Gasteiger partial charge in [0.1, 0.15) is 5.58 Å². The van der Waals surface area contributed by atoms with Gasteiger partial charge in [0.25, 0.3) is 0 Å². The molecule has 0 fully saturated rings. The molecule has 0 atom stereocenters. The second-order valence-electron chi connectivity index (χ2n) is 4.40. The fourth-order valence-corrected chi connectivity index (χ4v) is 2.14. The lowest BCUT2D eigenvalue weighted by molar-refractivity contribution is -0.112. The highest BCUT2D eigenvalue weighted by Crippen LogP contribution is 2.30. The minimum absolute atomic E-state index is 0.0637. The van der Waals surface area contributed by atoms with E-state index in [-0.39, 0.29) is 5.78 Å². The molecule has 0 saturated carbocycles. The quantitative estimate of drug-likeness (QED) is 0.728. The Labute approximate surface area is 101 Å². The summed E-state index contributed by atoms with van der Waals surface area (Å²) in [4.78, 5) is 11.0. The highest BCUT2D eigenvalue weighted by atomic mass is 16.3. The molecule has 2 aromatic rings. The van der Waals surface area contributed by atoms with E-state index >= 15 is 0 Å². The monoisotopic (exact) mass is 228 g/mol. The molecule has 17 heavy (non-hydrogen) atoms. The Morgan fingerprint density at radius 2 is 1.88 bits per heavy atom. The van der Waals surface area contributed by atoms with Crippen molar-refractivity contribution >= 4 is 22.8 Å². The van der Waals surface area contributed by atoms with Gasteiger partial charge in [0.15, 0.2) is 5.78 Å². The first-order valence-electron chi connectivity index (χ1n) is 5.68. The van der Waals surface area contributed by atoms with Crippen molar-refractivity contribution in [1.82, 2.24) is 0 Å². The summed E-state index contributed by atoms with van der Waals surface area (Å²) in [7, 11) is 0. The molecule has 0 radical (unpaired) electrons. The predicted octanol–water partition coefficient (Wildman–Crippen LogP) is 3.96. The molecular formula is C15H16O2. The number of fused-ring (bicyclic) bond motifs is 1. The summed E-state index contributed by atoms with van der Waals surface area (Å²) >= 11 is 0. The number of allylic oxidation sites excluding steroid dienone is 1. The van der Waals surface area contributed by atoms with Crippen molar-refractivity contribution in [2.45, 2.75) is 27.7 Å². The Kier molecular flexibility index (Phi) is 2.88. The minimum Gasteiger partial charge on any atom is -0.464 e. The van der Waals surface area contributed by atoms with Crippen LogP contribution in [0.1, 0.15) is 29.2 Å². The molecule has 1 heterocycles. The van der Waals surface area contributed by atoms with Gasteiger partial charge >= 0.3 is 0 Å². The van der Waals surface area contributed by atoms with Crippen LogP contribution in [0.15, 0.2) is 22.8 Å². The van der Waals surface area contributed by atoms with E-state index in [2.05, 4.69) is 13.8 Å². The summed E-state index contributed by atoms with van der Waals surface area (Å²) in [5.74, 6) is 0.0637. The second-order valence-corrected chi connectivity index (χ2v) is 4.40. The number of benzene rings is 1. The van der Waals surface area contributed by atoms with E-state index in [0.29, 0.717) is 0 Å². The predicted molar refractivity (Wildman–Crippen MR) is 70.1 cm³/mol. The number of ketones is 1. The van der Waals surface area contributed by atoms with Gasteiger partial charge in [-0.25, -0.2) is 0 Å².